The average Bonchev–Trinajstić information content (AvgIpc) is 2.82. The van der Waals surface area contributed by atoms with Crippen molar-refractivity contribution in [1.29, 1.82) is 0 Å². The minimum atomic E-state index is -3.54. The van der Waals surface area contributed by atoms with Crippen LogP contribution in [0.2, 0.25) is 5.02 Å². The lowest BCUT2D eigenvalue weighted by Crippen LogP contribution is -2.30. The third-order valence-corrected chi connectivity index (χ3v) is 6.97. The Balaban J connectivity index is 1.58. The second kappa shape index (κ2) is 11.4. The van der Waals surface area contributed by atoms with Gasteiger partial charge in [0.1, 0.15) is 12.4 Å². The molecule has 0 radical (unpaired) electrons. The van der Waals surface area contributed by atoms with Gasteiger partial charge < -0.3 is 10.1 Å². The first kappa shape index (κ1) is 25.6. The number of sulfonamides is 1. The number of nitrogens with one attached hydrogen (secondary N) is 1. The van der Waals surface area contributed by atoms with Crippen molar-refractivity contribution in [2.24, 2.45) is 0 Å². The fourth-order valence-electron chi connectivity index (χ4n) is 3.43. The summed E-state index contributed by atoms with van der Waals surface area (Å²) >= 11 is 6.19. The third kappa shape index (κ3) is 6.74. The first-order valence-corrected chi connectivity index (χ1v) is 13.2. The topological polar surface area (TPSA) is 75.7 Å². The van der Waals surface area contributed by atoms with Crippen molar-refractivity contribution in [3.05, 3.63) is 94.0 Å². The average molecular weight is 501 g/mol. The molecule has 8 heteroatoms. The lowest BCUT2D eigenvalue weighted by atomic mass is 10.1. The molecular formula is C26H29ClN2O4S. The van der Waals surface area contributed by atoms with Crippen LogP contribution in [-0.4, -0.2) is 33.7 Å². The van der Waals surface area contributed by atoms with E-state index in [1.807, 2.05) is 24.3 Å². The molecule has 0 aliphatic carbocycles. The van der Waals surface area contributed by atoms with Crippen molar-refractivity contribution < 1.29 is 17.9 Å². The van der Waals surface area contributed by atoms with E-state index in [0.717, 1.165) is 24.0 Å². The molecule has 0 bridgehead atoms. The van der Waals surface area contributed by atoms with Crippen molar-refractivity contribution in [2.75, 3.05) is 23.7 Å². The number of ether oxygens (including phenoxy) is 1. The fraction of sp³-hybridized carbons (Fsp3) is 0.269. The van der Waals surface area contributed by atoms with Gasteiger partial charge in [0.2, 0.25) is 10.0 Å². The quantitative estimate of drug-likeness (QED) is 0.398. The summed E-state index contributed by atoms with van der Waals surface area (Å²) in [6.45, 7) is 4.74. The lowest BCUT2D eigenvalue weighted by Gasteiger charge is -2.24. The second-order valence-corrected chi connectivity index (χ2v) is 10.3. The van der Waals surface area contributed by atoms with Crippen LogP contribution in [0.1, 0.15) is 34.0 Å². The summed E-state index contributed by atoms with van der Waals surface area (Å²) in [5, 5.41) is 3.33. The van der Waals surface area contributed by atoms with Crippen LogP contribution >= 0.6 is 11.6 Å². The van der Waals surface area contributed by atoms with E-state index in [-0.39, 0.29) is 12.5 Å². The molecule has 1 amide bonds. The number of carbonyl (C=O) groups excluding carboxylic acids is 1. The zero-order valence-corrected chi connectivity index (χ0v) is 21.1. The number of amides is 1. The molecule has 1 N–H and O–H groups in total. The van der Waals surface area contributed by atoms with Gasteiger partial charge in [0, 0.05) is 10.6 Å². The molecule has 0 heterocycles. The molecule has 6 nitrogen and oxygen atoms in total. The van der Waals surface area contributed by atoms with E-state index in [1.54, 1.807) is 49.4 Å². The molecule has 3 aromatic carbocycles. The Kier molecular flexibility index (Phi) is 8.58. The molecule has 34 heavy (non-hydrogen) atoms. The molecule has 0 aromatic heterocycles. The van der Waals surface area contributed by atoms with Crippen LogP contribution in [0.3, 0.4) is 0 Å². The molecule has 0 unspecified atom stereocenters. The van der Waals surface area contributed by atoms with Gasteiger partial charge in [-0.05, 0) is 66.4 Å². The minimum absolute atomic E-state index is 0.132. The number of aryl methyl sites for hydroxylation is 1. The van der Waals surface area contributed by atoms with Gasteiger partial charge in [-0.1, -0.05) is 48.9 Å². The van der Waals surface area contributed by atoms with E-state index in [9.17, 15) is 13.2 Å². The van der Waals surface area contributed by atoms with Gasteiger partial charge in [-0.2, -0.15) is 0 Å². The lowest BCUT2D eigenvalue weighted by molar-refractivity contribution is 0.0947. The summed E-state index contributed by atoms with van der Waals surface area (Å²) in [6.07, 6.45) is 2.14. The van der Waals surface area contributed by atoms with Crippen LogP contribution in [0, 0.1) is 6.92 Å². The molecule has 180 valence electrons. The van der Waals surface area contributed by atoms with Crippen molar-refractivity contribution in [3.63, 3.8) is 0 Å². The summed E-state index contributed by atoms with van der Waals surface area (Å²) in [5.74, 6) is 0.545. The van der Waals surface area contributed by atoms with E-state index >= 15 is 0 Å². The van der Waals surface area contributed by atoms with Crippen LogP contribution in [0.4, 0.5) is 5.69 Å². The summed E-state index contributed by atoms with van der Waals surface area (Å²) in [4.78, 5) is 12.4. The zero-order valence-electron chi connectivity index (χ0n) is 19.5. The Morgan fingerprint density at radius 1 is 1.00 bits per heavy atom. The number of benzene rings is 3. The number of anilines is 1. The standard InChI is InChI=1S/C26H29ClN2O4S/c1-4-20-10-14-23(15-11-20)33-17-16-28-26(30)22-12-8-21(9-13-22)18-29(34(3,31)32)25-7-5-6-24(27)19(25)2/h5-15H,4,16-18H2,1-3H3,(H,28,30). The van der Waals surface area contributed by atoms with Gasteiger partial charge >= 0.3 is 0 Å². The maximum Gasteiger partial charge on any atom is 0.251 e. The first-order chi connectivity index (χ1) is 16.2. The fourth-order valence-corrected chi connectivity index (χ4v) is 4.54. The smallest absolute Gasteiger partial charge is 0.251 e. The van der Waals surface area contributed by atoms with Crippen LogP contribution in [0.15, 0.2) is 66.7 Å². The van der Waals surface area contributed by atoms with Crippen LogP contribution in [0.5, 0.6) is 5.75 Å². The molecular weight excluding hydrogens is 472 g/mol. The molecule has 0 spiro atoms. The van der Waals surface area contributed by atoms with Crippen LogP contribution < -0.4 is 14.4 Å². The Labute approximate surface area is 206 Å². The predicted molar refractivity (Wildman–Crippen MR) is 137 cm³/mol. The zero-order chi connectivity index (χ0) is 24.7. The van der Waals surface area contributed by atoms with Gasteiger partial charge in [0.25, 0.3) is 5.91 Å². The van der Waals surface area contributed by atoms with Crippen LogP contribution in [-0.2, 0) is 23.0 Å². The van der Waals surface area contributed by atoms with Gasteiger partial charge in [0.05, 0.1) is 25.0 Å². The highest BCUT2D eigenvalue weighted by Gasteiger charge is 2.20. The molecule has 0 aliphatic heterocycles. The third-order valence-electron chi connectivity index (χ3n) is 5.44. The summed E-state index contributed by atoms with van der Waals surface area (Å²) in [5.41, 5.74) is 3.70. The molecule has 3 rings (SSSR count). The van der Waals surface area contributed by atoms with Crippen molar-refractivity contribution in [2.45, 2.75) is 26.8 Å². The van der Waals surface area contributed by atoms with Crippen molar-refractivity contribution in [1.82, 2.24) is 5.32 Å². The largest absolute Gasteiger partial charge is 0.492 e. The monoisotopic (exact) mass is 500 g/mol. The van der Waals surface area contributed by atoms with E-state index in [1.165, 1.54) is 9.87 Å². The van der Waals surface area contributed by atoms with E-state index in [4.69, 9.17) is 16.3 Å². The summed E-state index contributed by atoms with van der Waals surface area (Å²) < 4.78 is 31.9. The van der Waals surface area contributed by atoms with E-state index in [2.05, 4.69) is 12.2 Å². The number of carbonyl (C=O) groups is 1. The van der Waals surface area contributed by atoms with Gasteiger partial charge in [-0.3, -0.25) is 9.10 Å². The van der Waals surface area contributed by atoms with E-state index in [0.29, 0.717) is 35.0 Å². The van der Waals surface area contributed by atoms with Crippen molar-refractivity contribution >= 4 is 33.2 Å². The number of hydrogen-bond acceptors (Lipinski definition) is 4. The van der Waals surface area contributed by atoms with Gasteiger partial charge in [0.15, 0.2) is 0 Å². The van der Waals surface area contributed by atoms with Crippen LogP contribution in [0.25, 0.3) is 0 Å². The SMILES string of the molecule is CCc1ccc(OCCNC(=O)c2ccc(CN(c3cccc(Cl)c3C)S(C)(=O)=O)cc2)cc1. The van der Waals surface area contributed by atoms with E-state index < -0.39 is 10.0 Å². The highest BCUT2D eigenvalue weighted by molar-refractivity contribution is 7.92. The van der Waals surface area contributed by atoms with Gasteiger partial charge in [-0.15, -0.1) is 0 Å². The maximum absolute atomic E-state index is 12.5. The molecule has 3 aromatic rings. The summed E-state index contributed by atoms with van der Waals surface area (Å²) in [7, 11) is -3.54. The van der Waals surface area contributed by atoms with Gasteiger partial charge in [-0.25, -0.2) is 8.42 Å². The van der Waals surface area contributed by atoms with Crippen molar-refractivity contribution in [3.8, 4) is 5.75 Å². The molecule has 0 aliphatic rings. The number of halogens is 1. The second-order valence-electron chi connectivity index (χ2n) is 7.95. The summed E-state index contributed by atoms with van der Waals surface area (Å²) in [6, 6.07) is 19.9. The normalized spacial score (nSPS) is 11.2. The maximum atomic E-state index is 12.5. The molecule has 0 saturated heterocycles. The molecule has 0 atom stereocenters. The highest BCUT2D eigenvalue weighted by Crippen LogP contribution is 2.29. The Bertz CT molecular complexity index is 1230. The number of rotatable bonds is 10. The Morgan fingerprint density at radius 3 is 2.26 bits per heavy atom. The molecule has 0 saturated carbocycles. The minimum Gasteiger partial charge on any atom is -0.492 e. The first-order valence-electron chi connectivity index (χ1n) is 11.0. The predicted octanol–water partition coefficient (Wildman–Crippen LogP) is 4.99. The Morgan fingerprint density at radius 2 is 1.65 bits per heavy atom. The molecule has 0 fully saturated rings. The highest BCUT2D eigenvalue weighted by atomic mass is 35.5. The Hall–Kier alpha value is -3.03. The number of hydrogen-bond donors (Lipinski definition) is 1. The number of nitrogens with zero attached hydrogens (tertiary/aromatic N) is 1.